The molecule has 1 saturated heterocycles. The third-order valence-electron chi connectivity index (χ3n) is 7.14. The van der Waals surface area contributed by atoms with Crippen molar-refractivity contribution >= 4 is 17.5 Å². The van der Waals surface area contributed by atoms with Crippen molar-refractivity contribution in [3.8, 4) is 0 Å². The number of rotatable bonds is 7. The number of hydrogen-bond acceptors (Lipinski definition) is 4. The summed E-state index contributed by atoms with van der Waals surface area (Å²) < 4.78 is 30.8. The maximum absolute atomic E-state index is 14.9. The van der Waals surface area contributed by atoms with E-state index in [0.29, 0.717) is 22.3 Å². The van der Waals surface area contributed by atoms with Gasteiger partial charge in [0, 0.05) is 18.2 Å². The van der Waals surface area contributed by atoms with Crippen LogP contribution in [0.2, 0.25) is 0 Å². The minimum absolute atomic E-state index is 0.00527. The maximum atomic E-state index is 14.9. The molecule has 0 spiro atoms. The van der Waals surface area contributed by atoms with Crippen molar-refractivity contribution in [2.45, 2.75) is 50.9 Å². The number of nitrogens with zero attached hydrogens (tertiary/aromatic N) is 3. The van der Waals surface area contributed by atoms with E-state index in [0.717, 1.165) is 5.56 Å². The van der Waals surface area contributed by atoms with E-state index in [-0.39, 0.29) is 31.1 Å². The Balaban J connectivity index is 1.40. The fraction of sp³-hybridized carbons (Fsp3) is 0.310. The van der Waals surface area contributed by atoms with Crippen LogP contribution >= 0.6 is 0 Å². The molecule has 2 amide bonds. The van der Waals surface area contributed by atoms with Crippen LogP contribution in [0.15, 0.2) is 71.7 Å². The Hall–Kier alpha value is -4.34. The fourth-order valence-electron chi connectivity index (χ4n) is 5.13. The highest BCUT2D eigenvalue weighted by atomic mass is 19.1. The van der Waals surface area contributed by atoms with Gasteiger partial charge in [-0.3, -0.25) is 14.0 Å². The third-order valence-corrected chi connectivity index (χ3v) is 7.14. The number of carbonyl (C=O) groups is 2. The normalized spacial score (nSPS) is 18.0. The summed E-state index contributed by atoms with van der Waals surface area (Å²) in [5.74, 6) is -1.36. The summed E-state index contributed by atoms with van der Waals surface area (Å²) in [6.07, 6.45) is -0.147. The number of carbonyl (C=O) groups excluding carboxylic acids is 2. The van der Waals surface area contributed by atoms with Crippen LogP contribution in [-0.2, 0) is 16.0 Å². The number of likely N-dealkylation sites (tertiary alicyclic amines) is 1. The van der Waals surface area contributed by atoms with Crippen LogP contribution in [0, 0.1) is 5.82 Å². The fourth-order valence-corrected chi connectivity index (χ4v) is 5.13. The molecule has 10 heteroatoms. The van der Waals surface area contributed by atoms with Gasteiger partial charge in [0.1, 0.15) is 18.0 Å². The van der Waals surface area contributed by atoms with E-state index < -0.39 is 35.8 Å². The van der Waals surface area contributed by atoms with Gasteiger partial charge in [0.2, 0.25) is 11.8 Å². The SMILES string of the molecule is CC(C)c1ccc([C@@H](NC(=O)[C@@H]2C[C@@H](F)CN2C(=O)Cc2cccn3c(=O)[nH]nc23)c2ccccc2)cc1F. The average molecular weight is 534 g/mol. The summed E-state index contributed by atoms with van der Waals surface area (Å²) >= 11 is 0. The van der Waals surface area contributed by atoms with E-state index in [4.69, 9.17) is 0 Å². The quantitative estimate of drug-likeness (QED) is 0.379. The molecule has 1 fully saturated rings. The molecule has 1 aliphatic rings. The van der Waals surface area contributed by atoms with Crippen LogP contribution in [0.3, 0.4) is 0 Å². The van der Waals surface area contributed by atoms with Gasteiger partial charge in [-0.25, -0.2) is 18.7 Å². The Kier molecular flexibility index (Phi) is 7.28. The minimum atomic E-state index is -1.37. The lowest BCUT2D eigenvalue weighted by Crippen LogP contribution is -2.47. The maximum Gasteiger partial charge on any atom is 0.347 e. The van der Waals surface area contributed by atoms with Gasteiger partial charge in [-0.2, -0.15) is 5.10 Å². The third kappa shape index (κ3) is 5.32. The predicted molar refractivity (Wildman–Crippen MR) is 141 cm³/mol. The molecule has 2 N–H and O–H groups in total. The monoisotopic (exact) mass is 533 g/mol. The highest BCUT2D eigenvalue weighted by Crippen LogP contribution is 2.28. The number of halogens is 2. The second-order valence-electron chi connectivity index (χ2n) is 10.1. The van der Waals surface area contributed by atoms with Crippen LogP contribution < -0.4 is 11.0 Å². The molecular weight excluding hydrogens is 504 g/mol. The van der Waals surface area contributed by atoms with Crippen molar-refractivity contribution in [2.75, 3.05) is 6.54 Å². The summed E-state index contributed by atoms with van der Waals surface area (Å²) in [6, 6.07) is 15.5. The van der Waals surface area contributed by atoms with E-state index in [2.05, 4.69) is 15.5 Å². The Morgan fingerprint density at radius 1 is 1.10 bits per heavy atom. The van der Waals surface area contributed by atoms with Gasteiger partial charge < -0.3 is 10.2 Å². The standard InChI is InChI=1S/C29H29F2N5O3/c1-17(2)22-11-10-19(13-23(22)31)26(18-7-4-3-5-8-18)32-28(38)24-15-21(30)16-36(24)25(37)14-20-9-6-12-35-27(20)33-34-29(35)39/h3-13,17,21,24,26H,14-16H2,1-2H3,(H,32,38)(H,34,39)/t21-,24+,26+/m1/s1. The topological polar surface area (TPSA) is 99.6 Å². The number of aromatic nitrogens is 3. The number of nitrogens with one attached hydrogen (secondary N) is 2. The lowest BCUT2D eigenvalue weighted by Gasteiger charge is -2.27. The van der Waals surface area contributed by atoms with Crippen LogP contribution in [0.25, 0.3) is 5.65 Å². The van der Waals surface area contributed by atoms with Gasteiger partial charge in [-0.15, -0.1) is 0 Å². The molecule has 2 aromatic carbocycles. The summed E-state index contributed by atoms with van der Waals surface area (Å²) in [5, 5.41) is 9.25. The molecule has 2 aromatic heterocycles. The molecule has 8 nitrogen and oxygen atoms in total. The van der Waals surface area contributed by atoms with Crippen molar-refractivity contribution in [2.24, 2.45) is 0 Å². The van der Waals surface area contributed by atoms with Gasteiger partial charge in [0.25, 0.3) is 0 Å². The van der Waals surface area contributed by atoms with E-state index in [1.807, 2.05) is 44.2 Å². The average Bonchev–Trinajstić information content (AvgIpc) is 3.50. The molecule has 0 unspecified atom stereocenters. The summed E-state index contributed by atoms with van der Waals surface area (Å²) in [7, 11) is 0. The minimum Gasteiger partial charge on any atom is -0.343 e. The van der Waals surface area contributed by atoms with Gasteiger partial charge >= 0.3 is 5.69 Å². The van der Waals surface area contributed by atoms with E-state index in [1.165, 1.54) is 21.6 Å². The Bertz CT molecular complexity index is 1570. The number of H-pyrrole nitrogens is 1. The summed E-state index contributed by atoms with van der Waals surface area (Å²) in [6.45, 7) is 3.58. The highest BCUT2D eigenvalue weighted by Gasteiger charge is 2.40. The van der Waals surface area contributed by atoms with E-state index in [9.17, 15) is 23.2 Å². The smallest absolute Gasteiger partial charge is 0.343 e. The number of fused-ring (bicyclic) bond motifs is 1. The van der Waals surface area contributed by atoms with Crippen molar-refractivity contribution in [3.05, 3.63) is 105 Å². The van der Waals surface area contributed by atoms with Gasteiger partial charge in [-0.1, -0.05) is 62.4 Å². The molecule has 0 radical (unpaired) electrons. The number of amides is 2. The van der Waals surface area contributed by atoms with Gasteiger partial charge in [0.15, 0.2) is 5.65 Å². The highest BCUT2D eigenvalue weighted by molar-refractivity contribution is 5.90. The number of pyridine rings is 1. The molecule has 1 aliphatic heterocycles. The molecule has 5 rings (SSSR count). The molecular formula is C29H29F2N5O3. The lowest BCUT2D eigenvalue weighted by atomic mass is 9.94. The van der Waals surface area contributed by atoms with Gasteiger partial charge in [0.05, 0.1) is 19.0 Å². The van der Waals surface area contributed by atoms with Crippen LogP contribution in [0.1, 0.15) is 54.5 Å². The van der Waals surface area contributed by atoms with Crippen LogP contribution in [-0.4, -0.2) is 50.1 Å². The van der Waals surface area contributed by atoms with E-state index in [1.54, 1.807) is 24.3 Å². The molecule has 39 heavy (non-hydrogen) atoms. The molecule has 4 aromatic rings. The predicted octanol–water partition coefficient (Wildman–Crippen LogP) is 3.67. The first-order valence-corrected chi connectivity index (χ1v) is 12.9. The van der Waals surface area contributed by atoms with Crippen molar-refractivity contribution in [3.63, 3.8) is 0 Å². The number of hydrogen-bond donors (Lipinski definition) is 2. The lowest BCUT2D eigenvalue weighted by molar-refractivity contribution is -0.138. The molecule has 0 bridgehead atoms. The van der Waals surface area contributed by atoms with Crippen LogP contribution in [0.4, 0.5) is 8.78 Å². The Morgan fingerprint density at radius 3 is 2.59 bits per heavy atom. The zero-order chi connectivity index (χ0) is 27.7. The molecule has 0 saturated carbocycles. The molecule has 3 heterocycles. The van der Waals surface area contributed by atoms with Gasteiger partial charge in [-0.05, 0) is 34.7 Å². The van der Waals surface area contributed by atoms with Crippen LogP contribution in [0.5, 0.6) is 0 Å². The summed E-state index contributed by atoms with van der Waals surface area (Å²) in [4.78, 5) is 40.0. The second-order valence-corrected chi connectivity index (χ2v) is 10.1. The molecule has 0 aliphatic carbocycles. The van der Waals surface area contributed by atoms with Crippen molar-refractivity contribution < 1.29 is 18.4 Å². The van der Waals surface area contributed by atoms with Crippen molar-refractivity contribution in [1.82, 2.24) is 24.8 Å². The Morgan fingerprint density at radius 2 is 1.87 bits per heavy atom. The molecule has 202 valence electrons. The first kappa shape index (κ1) is 26.3. The molecule has 3 atom stereocenters. The largest absolute Gasteiger partial charge is 0.347 e. The van der Waals surface area contributed by atoms with E-state index >= 15 is 0 Å². The Labute approximate surface area is 223 Å². The van der Waals surface area contributed by atoms with Crippen molar-refractivity contribution in [1.29, 1.82) is 0 Å². The zero-order valence-corrected chi connectivity index (χ0v) is 21.6. The number of benzene rings is 2. The summed E-state index contributed by atoms with van der Waals surface area (Å²) in [5.41, 5.74) is 2.17. The number of aromatic amines is 1. The first-order chi connectivity index (χ1) is 18.7. The number of alkyl halides is 1. The second kappa shape index (κ2) is 10.8. The first-order valence-electron chi connectivity index (χ1n) is 12.9. The zero-order valence-electron chi connectivity index (χ0n) is 21.6.